The number of hydrogen-bond donors (Lipinski definition) is 1. The first-order valence-corrected chi connectivity index (χ1v) is 6.80. The van der Waals surface area contributed by atoms with Crippen LogP contribution in [-0.2, 0) is 6.54 Å². The van der Waals surface area contributed by atoms with Gasteiger partial charge in [0, 0.05) is 24.2 Å². The molecule has 17 heavy (non-hydrogen) atoms. The fourth-order valence-electron chi connectivity index (χ4n) is 2.76. The first kappa shape index (κ1) is 12.7. The third-order valence-corrected chi connectivity index (χ3v) is 3.73. The highest BCUT2D eigenvalue weighted by atomic mass is 16.3. The van der Waals surface area contributed by atoms with Gasteiger partial charge in [0.25, 0.3) is 0 Å². The minimum atomic E-state index is 0.434. The van der Waals surface area contributed by atoms with Gasteiger partial charge >= 0.3 is 0 Å². The van der Waals surface area contributed by atoms with Crippen LogP contribution < -0.4 is 5.73 Å². The Labute approximate surface area is 104 Å². The molecular weight excluding hydrogens is 212 g/mol. The van der Waals surface area contributed by atoms with Gasteiger partial charge in [-0.3, -0.25) is 4.90 Å². The molecule has 2 rings (SSSR count). The van der Waals surface area contributed by atoms with E-state index in [2.05, 4.69) is 17.9 Å². The molecule has 3 nitrogen and oxygen atoms in total. The van der Waals surface area contributed by atoms with Gasteiger partial charge in [0.15, 0.2) is 0 Å². The molecule has 0 aliphatic heterocycles. The summed E-state index contributed by atoms with van der Waals surface area (Å²) in [6, 6.07) is 3.21. The van der Waals surface area contributed by atoms with Crippen LogP contribution in [0.4, 0.5) is 0 Å². The molecule has 1 aromatic heterocycles. The van der Waals surface area contributed by atoms with Crippen molar-refractivity contribution >= 4 is 0 Å². The van der Waals surface area contributed by atoms with Crippen molar-refractivity contribution in [3.8, 4) is 0 Å². The fourth-order valence-corrected chi connectivity index (χ4v) is 2.76. The second-order valence-electron chi connectivity index (χ2n) is 5.17. The van der Waals surface area contributed by atoms with Gasteiger partial charge in [0.05, 0.1) is 12.5 Å². The zero-order chi connectivity index (χ0) is 12.1. The van der Waals surface area contributed by atoms with Gasteiger partial charge in [0.2, 0.25) is 0 Å². The zero-order valence-electron chi connectivity index (χ0n) is 10.8. The van der Waals surface area contributed by atoms with E-state index in [-0.39, 0.29) is 0 Å². The van der Waals surface area contributed by atoms with Gasteiger partial charge in [-0.05, 0) is 44.7 Å². The quantitative estimate of drug-likeness (QED) is 0.854. The third-order valence-electron chi connectivity index (χ3n) is 3.73. The van der Waals surface area contributed by atoms with Crippen molar-refractivity contribution in [1.29, 1.82) is 0 Å². The lowest BCUT2D eigenvalue weighted by molar-refractivity contribution is 0.142. The summed E-state index contributed by atoms with van der Waals surface area (Å²) in [7, 11) is 0. The number of hydrogen-bond acceptors (Lipinski definition) is 3. The Morgan fingerprint density at radius 1 is 1.35 bits per heavy atom. The van der Waals surface area contributed by atoms with Crippen LogP contribution in [0.25, 0.3) is 0 Å². The summed E-state index contributed by atoms with van der Waals surface area (Å²) in [4.78, 5) is 2.59. The number of nitrogens with two attached hydrogens (primary N) is 1. The Hall–Kier alpha value is -0.800. The molecule has 1 fully saturated rings. The predicted octanol–water partition coefficient (Wildman–Crippen LogP) is 2.76. The smallest absolute Gasteiger partial charge is 0.0947 e. The van der Waals surface area contributed by atoms with Crippen LogP contribution in [0.3, 0.4) is 0 Å². The van der Waals surface area contributed by atoms with Gasteiger partial charge in [-0.2, -0.15) is 0 Å². The van der Waals surface area contributed by atoms with Crippen molar-refractivity contribution in [1.82, 2.24) is 4.90 Å². The summed E-state index contributed by atoms with van der Waals surface area (Å²) in [6.07, 6.45) is 9.68. The minimum Gasteiger partial charge on any atom is -0.472 e. The topological polar surface area (TPSA) is 42.4 Å². The van der Waals surface area contributed by atoms with E-state index >= 15 is 0 Å². The van der Waals surface area contributed by atoms with E-state index in [1.807, 2.05) is 6.26 Å². The molecule has 0 aromatic carbocycles. The molecule has 0 bridgehead atoms. The summed E-state index contributed by atoms with van der Waals surface area (Å²) < 4.78 is 5.15. The Balaban J connectivity index is 1.92. The first-order valence-electron chi connectivity index (χ1n) is 6.80. The monoisotopic (exact) mass is 236 g/mol. The highest BCUT2D eigenvalue weighted by Gasteiger charge is 2.23. The van der Waals surface area contributed by atoms with Crippen LogP contribution in [-0.4, -0.2) is 23.5 Å². The van der Waals surface area contributed by atoms with Crippen LogP contribution in [0.1, 0.15) is 44.6 Å². The molecule has 1 aromatic rings. The van der Waals surface area contributed by atoms with Crippen LogP contribution >= 0.6 is 0 Å². The molecule has 1 aliphatic rings. The Kier molecular flexibility index (Phi) is 4.63. The molecule has 0 radical (unpaired) electrons. The summed E-state index contributed by atoms with van der Waals surface area (Å²) in [5.74, 6) is 0. The van der Waals surface area contributed by atoms with Crippen molar-refractivity contribution in [2.75, 3.05) is 6.54 Å². The van der Waals surface area contributed by atoms with Gasteiger partial charge in [-0.1, -0.05) is 6.92 Å². The Morgan fingerprint density at radius 2 is 2.12 bits per heavy atom. The summed E-state index contributed by atoms with van der Waals surface area (Å²) in [6.45, 7) is 4.44. The van der Waals surface area contributed by atoms with Crippen molar-refractivity contribution in [2.24, 2.45) is 5.73 Å². The van der Waals surface area contributed by atoms with E-state index in [1.54, 1.807) is 6.26 Å². The molecule has 0 spiro atoms. The summed E-state index contributed by atoms with van der Waals surface area (Å²) in [5, 5.41) is 0. The van der Waals surface area contributed by atoms with E-state index in [0.717, 1.165) is 6.54 Å². The third kappa shape index (κ3) is 3.58. The molecule has 1 heterocycles. The maximum Gasteiger partial charge on any atom is 0.0947 e. The normalized spacial score (nSPS) is 25.4. The lowest BCUT2D eigenvalue weighted by atomic mass is 9.90. The molecule has 96 valence electrons. The summed E-state index contributed by atoms with van der Waals surface area (Å²) >= 11 is 0. The van der Waals surface area contributed by atoms with Crippen molar-refractivity contribution < 1.29 is 4.42 Å². The Morgan fingerprint density at radius 3 is 2.71 bits per heavy atom. The minimum absolute atomic E-state index is 0.434. The molecule has 0 amide bonds. The maximum absolute atomic E-state index is 5.97. The fraction of sp³-hybridized carbons (Fsp3) is 0.714. The van der Waals surface area contributed by atoms with Crippen LogP contribution in [0.5, 0.6) is 0 Å². The maximum atomic E-state index is 5.97. The molecule has 0 saturated heterocycles. The largest absolute Gasteiger partial charge is 0.472 e. The highest BCUT2D eigenvalue weighted by Crippen LogP contribution is 2.23. The van der Waals surface area contributed by atoms with Crippen molar-refractivity contribution in [3.63, 3.8) is 0 Å². The van der Waals surface area contributed by atoms with E-state index in [4.69, 9.17) is 10.2 Å². The van der Waals surface area contributed by atoms with Crippen LogP contribution in [0.15, 0.2) is 23.0 Å². The molecular formula is C14H24N2O. The lowest BCUT2D eigenvalue weighted by Crippen LogP contribution is -2.40. The second kappa shape index (κ2) is 6.22. The molecule has 1 saturated carbocycles. The van der Waals surface area contributed by atoms with E-state index in [1.165, 1.54) is 44.2 Å². The van der Waals surface area contributed by atoms with Gasteiger partial charge < -0.3 is 10.2 Å². The van der Waals surface area contributed by atoms with Crippen LogP contribution in [0.2, 0.25) is 0 Å². The second-order valence-corrected chi connectivity index (χ2v) is 5.17. The van der Waals surface area contributed by atoms with E-state index < -0.39 is 0 Å². The summed E-state index contributed by atoms with van der Waals surface area (Å²) in [5.41, 5.74) is 7.26. The molecule has 3 heteroatoms. The predicted molar refractivity (Wildman–Crippen MR) is 69.6 cm³/mol. The van der Waals surface area contributed by atoms with E-state index in [0.29, 0.717) is 12.1 Å². The van der Waals surface area contributed by atoms with E-state index in [9.17, 15) is 0 Å². The van der Waals surface area contributed by atoms with Gasteiger partial charge in [-0.25, -0.2) is 0 Å². The number of rotatable bonds is 5. The average Bonchev–Trinajstić information content (AvgIpc) is 2.82. The average molecular weight is 236 g/mol. The zero-order valence-corrected chi connectivity index (χ0v) is 10.8. The van der Waals surface area contributed by atoms with Gasteiger partial charge in [-0.15, -0.1) is 0 Å². The Bertz CT molecular complexity index is 302. The standard InChI is InChI=1S/C14H24N2O/c1-2-8-16(10-12-7-9-17-11-12)14-5-3-13(15)4-6-14/h7,9,11,13-14H,2-6,8,10,15H2,1H3. The molecule has 0 unspecified atom stereocenters. The first-order chi connectivity index (χ1) is 8.29. The van der Waals surface area contributed by atoms with Crippen molar-refractivity contribution in [2.45, 2.75) is 57.7 Å². The van der Waals surface area contributed by atoms with Crippen LogP contribution in [0, 0.1) is 0 Å². The SMILES string of the molecule is CCCN(Cc1ccoc1)C1CCC(N)CC1. The highest BCUT2D eigenvalue weighted by molar-refractivity contribution is 5.05. The molecule has 2 N–H and O–H groups in total. The molecule has 0 atom stereocenters. The molecule has 1 aliphatic carbocycles. The number of furan rings is 1. The lowest BCUT2D eigenvalue weighted by Gasteiger charge is -2.35. The number of nitrogens with zero attached hydrogens (tertiary/aromatic N) is 1. The van der Waals surface area contributed by atoms with Gasteiger partial charge in [0.1, 0.15) is 0 Å². The van der Waals surface area contributed by atoms with Crippen molar-refractivity contribution in [3.05, 3.63) is 24.2 Å².